The number of alkyl halides is 3. The number of hydrogen-bond acceptors (Lipinski definition) is 5. The summed E-state index contributed by atoms with van der Waals surface area (Å²) >= 11 is 6.45. The maximum Gasteiger partial charge on any atom is 0.573 e. The first-order valence-corrected chi connectivity index (χ1v) is 11.6. The number of rotatable bonds is 8. The summed E-state index contributed by atoms with van der Waals surface area (Å²) in [5.74, 6) is -0.260. The number of nitrogens with zero attached hydrogens (tertiary/aromatic N) is 1. The second-order valence-electron chi connectivity index (χ2n) is 8.26. The van der Waals surface area contributed by atoms with Crippen LogP contribution in [0.25, 0.3) is 5.70 Å². The van der Waals surface area contributed by atoms with E-state index in [9.17, 15) is 13.2 Å². The molecule has 1 atom stereocenters. The van der Waals surface area contributed by atoms with Gasteiger partial charge in [0.1, 0.15) is 11.9 Å². The van der Waals surface area contributed by atoms with Gasteiger partial charge in [0.15, 0.2) is 0 Å². The zero-order chi connectivity index (χ0) is 23.3. The maximum atomic E-state index is 12.4. The lowest BCUT2D eigenvalue weighted by atomic mass is 10.0. The van der Waals surface area contributed by atoms with Crippen molar-refractivity contribution in [3.8, 4) is 5.75 Å². The smallest absolute Gasteiger partial charge is 0.406 e. The normalized spacial score (nSPS) is 18.7. The molecule has 1 unspecified atom stereocenters. The first kappa shape index (κ1) is 23.6. The van der Waals surface area contributed by atoms with E-state index in [1.54, 1.807) is 12.1 Å². The van der Waals surface area contributed by atoms with E-state index in [0.717, 1.165) is 36.5 Å². The fourth-order valence-electron chi connectivity index (χ4n) is 4.22. The quantitative estimate of drug-likeness (QED) is 0.410. The van der Waals surface area contributed by atoms with Gasteiger partial charge in [-0.25, -0.2) is 0 Å². The van der Waals surface area contributed by atoms with Crippen molar-refractivity contribution in [2.24, 2.45) is 0 Å². The number of ether oxygens (including phenoxy) is 1. The molecule has 0 saturated carbocycles. The van der Waals surface area contributed by atoms with Gasteiger partial charge in [0.05, 0.1) is 10.7 Å². The van der Waals surface area contributed by atoms with Gasteiger partial charge in [-0.05, 0) is 75.3 Å². The van der Waals surface area contributed by atoms with Crippen LogP contribution in [0.3, 0.4) is 0 Å². The first-order chi connectivity index (χ1) is 15.9. The lowest BCUT2D eigenvalue weighted by Gasteiger charge is -2.29. The molecule has 2 aliphatic heterocycles. The molecule has 2 aromatic carbocycles. The fraction of sp³-hybridized carbons (Fsp3) is 0.417. The van der Waals surface area contributed by atoms with E-state index >= 15 is 0 Å². The molecule has 0 aliphatic carbocycles. The monoisotopic (exact) mass is 480 g/mol. The van der Waals surface area contributed by atoms with Crippen molar-refractivity contribution >= 4 is 28.7 Å². The van der Waals surface area contributed by atoms with Crippen molar-refractivity contribution < 1.29 is 17.9 Å². The molecule has 178 valence electrons. The Balaban J connectivity index is 1.40. The van der Waals surface area contributed by atoms with E-state index in [-0.39, 0.29) is 11.9 Å². The molecule has 0 radical (unpaired) electrons. The van der Waals surface area contributed by atoms with E-state index in [4.69, 9.17) is 11.6 Å². The summed E-state index contributed by atoms with van der Waals surface area (Å²) in [5.41, 5.74) is 3.43. The Morgan fingerprint density at radius 1 is 1.06 bits per heavy atom. The molecule has 9 heteroatoms. The number of anilines is 2. The van der Waals surface area contributed by atoms with Crippen molar-refractivity contribution in [2.45, 2.75) is 38.2 Å². The van der Waals surface area contributed by atoms with Crippen LogP contribution in [0.1, 0.15) is 31.2 Å². The van der Waals surface area contributed by atoms with E-state index in [1.807, 2.05) is 24.3 Å². The predicted molar refractivity (Wildman–Crippen MR) is 126 cm³/mol. The van der Waals surface area contributed by atoms with E-state index in [1.165, 1.54) is 44.5 Å². The Morgan fingerprint density at radius 2 is 1.82 bits per heavy atom. The molecule has 1 fully saturated rings. The standard InChI is InChI=1S/C24H28ClF3N4O/c25-20-7-4-6-19-21(29-12-5-15-32-13-2-1-3-14-32)16-22(31-23(19)20)30-17-8-10-18(11-9-17)33-24(26,27)28/h4,6-11,16,22,29-31H,1-3,5,12-15H2. The summed E-state index contributed by atoms with van der Waals surface area (Å²) in [7, 11) is 0. The van der Waals surface area contributed by atoms with Crippen molar-refractivity contribution in [3.05, 3.63) is 59.1 Å². The first-order valence-electron chi connectivity index (χ1n) is 11.2. The molecule has 0 spiro atoms. The number of hydrogen-bond donors (Lipinski definition) is 3. The molecule has 4 rings (SSSR count). The average Bonchev–Trinajstić information content (AvgIpc) is 2.78. The van der Waals surface area contributed by atoms with E-state index < -0.39 is 6.36 Å². The summed E-state index contributed by atoms with van der Waals surface area (Å²) in [6, 6.07) is 11.4. The van der Waals surface area contributed by atoms with Crippen LogP contribution >= 0.6 is 11.6 Å². The summed E-state index contributed by atoms with van der Waals surface area (Å²) in [4.78, 5) is 2.52. The zero-order valence-electron chi connectivity index (χ0n) is 18.2. The highest BCUT2D eigenvalue weighted by molar-refractivity contribution is 6.33. The summed E-state index contributed by atoms with van der Waals surface area (Å²) in [6.45, 7) is 4.28. The SMILES string of the molecule is FC(F)(F)Oc1ccc(NC2C=C(NCCCN3CCCCC3)c3cccc(Cl)c3N2)cc1. The van der Waals surface area contributed by atoms with Crippen molar-refractivity contribution in [2.75, 3.05) is 36.8 Å². The van der Waals surface area contributed by atoms with Crippen LogP contribution in [-0.2, 0) is 0 Å². The van der Waals surface area contributed by atoms with Crippen LogP contribution in [0.2, 0.25) is 5.02 Å². The van der Waals surface area contributed by atoms with Crippen LogP contribution in [0.5, 0.6) is 5.75 Å². The molecule has 2 aromatic rings. The topological polar surface area (TPSA) is 48.6 Å². The second-order valence-corrected chi connectivity index (χ2v) is 8.67. The number of likely N-dealkylation sites (tertiary alicyclic amines) is 1. The highest BCUT2D eigenvalue weighted by Gasteiger charge is 2.31. The van der Waals surface area contributed by atoms with Gasteiger partial charge < -0.3 is 25.6 Å². The third-order valence-corrected chi connectivity index (χ3v) is 6.08. The van der Waals surface area contributed by atoms with E-state index in [2.05, 4.69) is 25.6 Å². The lowest BCUT2D eigenvalue weighted by molar-refractivity contribution is -0.274. The van der Waals surface area contributed by atoms with Gasteiger partial charge in [-0.3, -0.25) is 0 Å². The van der Waals surface area contributed by atoms with Crippen LogP contribution < -0.4 is 20.7 Å². The Kier molecular flexibility index (Phi) is 7.55. The minimum absolute atomic E-state index is 0.260. The molecule has 1 saturated heterocycles. The van der Waals surface area contributed by atoms with Gasteiger partial charge in [0.2, 0.25) is 0 Å². The minimum Gasteiger partial charge on any atom is -0.406 e. The zero-order valence-corrected chi connectivity index (χ0v) is 19.0. The van der Waals surface area contributed by atoms with Crippen LogP contribution in [0.15, 0.2) is 48.5 Å². The van der Waals surface area contributed by atoms with E-state index in [0.29, 0.717) is 10.7 Å². The molecule has 0 bridgehead atoms. The molecular weight excluding hydrogens is 453 g/mol. The molecule has 33 heavy (non-hydrogen) atoms. The van der Waals surface area contributed by atoms with Crippen molar-refractivity contribution in [1.82, 2.24) is 10.2 Å². The Hall–Kier alpha value is -2.58. The van der Waals surface area contributed by atoms with Crippen molar-refractivity contribution in [1.29, 1.82) is 0 Å². The van der Waals surface area contributed by atoms with Crippen molar-refractivity contribution in [3.63, 3.8) is 0 Å². The molecule has 2 heterocycles. The predicted octanol–water partition coefficient (Wildman–Crippen LogP) is 5.91. The fourth-order valence-corrected chi connectivity index (χ4v) is 4.45. The molecular formula is C24H28ClF3N4O. The summed E-state index contributed by atoms with van der Waals surface area (Å²) in [6.07, 6.45) is 1.96. The molecule has 2 aliphatic rings. The number of piperidine rings is 1. The van der Waals surface area contributed by atoms with Crippen LogP contribution in [0, 0.1) is 0 Å². The van der Waals surface area contributed by atoms with Crippen LogP contribution in [0.4, 0.5) is 24.5 Å². The number of halogens is 4. The lowest BCUT2D eigenvalue weighted by Crippen LogP contribution is -2.34. The minimum atomic E-state index is -4.71. The average molecular weight is 481 g/mol. The Bertz CT molecular complexity index is 959. The molecule has 0 aromatic heterocycles. The Labute approximate surface area is 196 Å². The maximum absolute atomic E-state index is 12.4. The molecule has 3 N–H and O–H groups in total. The second kappa shape index (κ2) is 10.6. The number of fused-ring (bicyclic) bond motifs is 1. The number of benzene rings is 2. The highest BCUT2D eigenvalue weighted by Crippen LogP contribution is 2.34. The van der Waals surface area contributed by atoms with Gasteiger partial charge in [0, 0.05) is 23.5 Å². The Morgan fingerprint density at radius 3 is 2.55 bits per heavy atom. The highest BCUT2D eigenvalue weighted by atomic mass is 35.5. The largest absolute Gasteiger partial charge is 0.573 e. The summed E-state index contributed by atoms with van der Waals surface area (Å²) < 4.78 is 41.1. The van der Waals surface area contributed by atoms with Gasteiger partial charge in [-0.1, -0.05) is 30.2 Å². The van der Waals surface area contributed by atoms with Gasteiger partial charge in [0.25, 0.3) is 0 Å². The van der Waals surface area contributed by atoms with Gasteiger partial charge in [-0.2, -0.15) is 0 Å². The van der Waals surface area contributed by atoms with Gasteiger partial charge in [-0.15, -0.1) is 13.2 Å². The summed E-state index contributed by atoms with van der Waals surface area (Å²) in [5, 5.41) is 10.8. The number of nitrogens with one attached hydrogen (secondary N) is 3. The van der Waals surface area contributed by atoms with Gasteiger partial charge >= 0.3 is 6.36 Å². The molecule has 5 nitrogen and oxygen atoms in total. The molecule has 0 amide bonds. The third kappa shape index (κ3) is 6.71. The number of para-hydroxylation sites is 1. The third-order valence-electron chi connectivity index (χ3n) is 5.76. The van der Waals surface area contributed by atoms with Crippen LogP contribution in [-0.4, -0.2) is 43.6 Å².